The van der Waals surface area contributed by atoms with Gasteiger partial charge < -0.3 is 14.7 Å². The van der Waals surface area contributed by atoms with Crippen LogP contribution in [0.3, 0.4) is 0 Å². The topological polar surface area (TPSA) is 51.0 Å². The van der Waals surface area contributed by atoms with Gasteiger partial charge in [-0.1, -0.05) is 11.2 Å². The fourth-order valence-electron chi connectivity index (χ4n) is 1.48. The molecule has 0 spiro atoms. The lowest BCUT2D eigenvalue weighted by Gasteiger charge is -2.10. The molecule has 0 unspecified atom stereocenters. The number of ether oxygens (including phenoxy) is 2. The van der Waals surface area contributed by atoms with E-state index in [1.807, 2.05) is 38.1 Å². The summed E-state index contributed by atoms with van der Waals surface area (Å²) >= 11 is 0. The number of rotatable bonds is 5. The summed E-state index contributed by atoms with van der Waals surface area (Å²) in [6, 6.07) is 5.69. The molecule has 0 saturated heterocycles. The minimum Gasteiger partial charge on any atom is -0.493 e. The van der Waals surface area contributed by atoms with Gasteiger partial charge >= 0.3 is 0 Å². The first-order chi connectivity index (χ1) is 8.62. The molecule has 4 nitrogen and oxygen atoms in total. The van der Waals surface area contributed by atoms with Crippen LogP contribution in [-0.2, 0) is 0 Å². The summed E-state index contributed by atoms with van der Waals surface area (Å²) < 4.78 is 10.7. The van der Waals surface area contributed by atoms with Crippen molar-refractivity contribution in [3.63, 3.8) is 0 Å². The van der Waals surface area contributed by atoms with Crippen molar-refractivity contribution in [1.82, 2.24) is 0 Å². The number of nitrogens with zero attached hydrogens (tertiary/aromatic N) is 1. The predicted octanol–water partition coefficient (Wildman–Crippen LogP) is 3.35. The molecule has 1 rings (SSSR count). The lowest BCUT2D eigenvalue weighted by atomic mass is 10.1. The largest absolute Gasteiger partial charge is 0.493 e. The molecule has 98 valence electrons. The highest BCUT2D eigenvalue weighted by Gasteiger charge is 2.04. The Morgan fingerprint density at radius 1 is 1.33 bits per heavy atom. The molecule has 0 bridgehead atoms. The Hall–Kier alpha value is -1.97. The summed E-state index contributed by atoms with van der Waals surface area (Å²) in [6.07, 6.45) is 1.92. The van der Waals surface area contributed by atoms with Crippen molar-refractivity contribution < 1.29 is 14.7 Å². The summed E-state index contributed by atoms with van der Waals surface area (Å²) in [6.45, 7) is 6.16. The first-order valence-corrected chi connectivity index (χ1v) is 5.80. The third-order valence-corrected chi connectivity index (χ3v) is 2.59. The van der Waals surface area contributed by atoms with E-state index in [1.165, 1.54) is 0 Å². The minimum atomic E-state index is 0.586. The summed E-state index contributed by atoms with van der Waals surface area (Å²) in [7, 11) is 1.61. The number of methoxy groups -OCH3 is 1. The monoisotopic (exact) mass is 249 g/mol. The summed E-state index contributed by atoms with van der Waals surface area (Å²) in [5.41, 5.74) is 2.45. The zero-order valence-corrected chi connectivity index (χ0v) is 11.2. The molecule has 18 heavy (non-hydrogen) atoms. The van der Waals surface area contributed by atoms with Gasteiger partial charge in [0.15, 0.2) is 11.5 Å². The molecule has 4 heteroatoms. The van der Waals surface area contributed by atoms with E-state index in [0.717, 1.165) is 16.9 Å². The van der Waals surface area contributed by atoms with Gasteiger partial charge in [-0.2, -0.15) is 0 Å². The zero-order chi connectivity index (χ0) is 13.5. The van der Waals surface area contributed by atoms with Gasteiger partial charge in [0.05, 0.1) is 19.4 Å². The molecule has 0 aromatic heterocycles. The molecular formula is C14H19NO3. The van der Waals surface area contributed by atoms with Gasteiger partial charge in [0.2, 0.25) is 0 Å². The quantitative estimate of drug-likeness (QED) is 0.494. The third kappa shape index (κ3) is 3.52. The molecule has 0 fully saturated rings. The molecule has 1 aromatic rings. The highest BCUT2D eigenvalue weighted by molar-refractivity contribution is 6.01. The Morgan fingerprint density at radius 2 is 2.06 bits per heavy atom. The lowest BCUT2D eigenvalue weighted by Crippen LogP contribution is -1.96. The highest BCUT2D eigenvalue weighted by Crippen LogP contribution is 2.28. The molecule has 0 aliphatic carbocycles. The van der Waals surface area contributed by atoms with Gasteiger partial charge in [0.25, 0.3) is 0 Å². The molecule has 0 radical (unpaired) electrons. The van der Waals surface area contributed by atoms with E-state index in [1.54, 1.807) is 14.0 Å². The normalized spacial score (nSPS) is 12.4. The predicted molar refractivity (Wildman–Crippen MR) is 72.7 cm³/mol. The summed E-state index contributed by atoms with van der Waals surface area (Å²) in [5, 5.41) is 11.9. The van der Waals surface area contributed by atoms with Crippen molar-refractivity contribution in [2.75, 3.05) is 13.7 Å². The van der Waals surface area contributed by atoms with Gasteiger partial charge in [-0.05, 0) is 50.1 Å². The van der Waals surface area contributed by atoms with Gasteiger partial charge in [0.1, 0.15) is 0 Å². The van der Waals surface area contributed by atoms with Gasteiger partial charge in [-0.3, -0.25) is 0 Å². The molecule has 0 amide bonds. The molecule has 1 aromatic carbocycles. The Bertz CT molecular complexity index is 464. The average molecular weight is 249 g/mol. The van der Waals surface area contributed by atoms with E-state index in [4.69, 9.17) is 14.7 Å². The van der Waals surface area contributed by atoms with E-state index in [-0.39, 0.29) is 0 Å². The molecular weight excluding hydrogens is 230 g/mol. The van der Waals surface area contributed by atoms with E-state index < -0.39 is 0 Å². The Balaban J connectivity index is 3.06. The molecule has 0 aliphatic heterocycles. The molecule has 1 N–H and O–H groups in total. The maximum atomic E-state index is 8.70. The maximum absolute atomic E-state index is 8.70. The fraction of sp³-hybridized carbons (Fsp3) is 0.357. The van der Waals surface area contributed by atoms with Crippen LogP contribution in [0.1, 0.15) is 26.3 Å². The van der Waals surface area contributed by atoms with Crippen LogP contribution < -0.4 is 9.47 Å². The van der Waals surface area contributed by atoms with E-state index in [9.17, 15) is 0 Å². The van der Waals surface area contributed by atoms with Crippen molar-refractivity contribution in [2.45, 2.75) is 20.8 Å². The van der Waals surface area contributed by atoms with Crippen molar-refractivity contribution in [1.29, 1.82) is 0 Å². The van der Waals surface area contributed by atoms with Crippen molar-refractivity contribution >= 4 is 11.8 Å². The lowest BCUT2D eigenvalue weighted by molar-refractivity contribution is 0.311. The summed E-state index contributed by atoms with van der Waals surface area (Å²) in [5.74, 6) is 1.42. The zero-order valence-electron chi connectivity index (χ0n) is 11.2. The van der Waals surface area contributed by atoms with Crippen molar-refractivity contribution in [2.24, 2.45) is 5.16 Å². The second kappa shape index (κ2) is 6.69. The van der Waals surface area contributed by atoms with Crippen LogP contribution in [0.5, 0.6) is 11.5 Å². The second-order valence-corrected chi connectivity index (χ2v) is 3.86. The average Bonchev–Trinajstić information content (AvgIpc) is 2.39. The van der Waals surface area contributed by atoms with Crippen LogP contribution in [0.15, 0.2) is 28.9 Å². The molecule has 0 aliphatic rings. The van der Waals surface area contributed by atoms with Crippen LogP contribution >= 0.6 is 0 Å². The number of hydrogen-bond acceptors (Lipinski definition) is 4. The van der Waals surface area contributed by atoms with Crippen LogP contribution in [0, 0.1) is 0 Å². The molecule has 0 heterocycles. The Kier molecular flexibility index (Phi) is 5.24. The van der Waals surface area contributed by atoms with Gasteiger partial charge in [0, 0.05) is 0 Å². The number of allylic oxidation sites excluding steroid dienone is 1. The number of hydrogen-bond donors (Lipinski definition) is 1. The summed E-state index contributed by atoms with van der Waals surface area (Å²) in [4.78, 5) is 0. The minimum absolute atomic E-state index is 0.586. The van der Waals surface area contributed by atoms with Crippen LogP contribution in [0.25, 0.3) is 6.08 Å². The van der Waals surface area contributed by atoms with Crippen molar-refractivity contribution in [3.8, 4) is 11.5 Å². The second-order valence-electron chi connectivity index (χ2n) is 3.86. The van der Waals surface area contributed by atoms with Crippen LogP contribution in [-0.4, -0.2) is 24.6 Å². The van der Waals surface area contributed by atoms with Crippen LogP contribution in [0.4, 0.5) is 0 Å². The highest BCUT2D eigenvalue weighted by atomic mass is 16.5. The smallest absolute Gasteiger partial charge is 0.161 e. The molecule has 0 saturated carbocycles. The van der Waals surface area contributed by atoms with E-state index >= 15 is 0 Å². The Morgan fingerprint density at radius 3 is 2.61 bits per heavy atom. The fourth-order valence-corrected chi connectivity index (χ4v) is 1.48. The maximum Gasteiger partial charge on any atom is 0.161 e. The Labute approximate surface area is 108 Å². The van der Waals surface area contributed by atoms with Gasteiger partial charge in [-0.15, -0.1) is 0 Å². The van der Waals surface area contributed by atoms with E-state index in [0.29, 0.717) is 18.1 Å². The SMILES string of the molecule is CCOc1ccc(/C=C(C)\C(C)=N\O)cc1OC. The first kappa shape index (κ1) is 14.1. The molecule has 0 atom stereocenters. The first-order valence-electron chi connectivity index (χ1n) is 5.80. The number of oxime groups is 1. The standard InChI is InChI=1S/C14H19NO3/c1-5-18-13-7-6-12(9-14(13)17-4)8-10(2)11(3)15-16/h6-9,16H,5H2,1-4H3/b10-8-,15-11+. The van der Waals surface area contributed by atoms with Crippen molar-refractivity contribution in [3.05, 3.63) is 29.3 Å². The third-order valence-electron chi connectivity index (χ3n) is 2.59. The number of benzene rings is 1. The van der Waals surface area contributed by atoms with Gasteiger partial charge in [-0.25, -0.2) is 0 Å². The van der Waals surface area contributed by atoms with Crippen LogP contribution in [0.2, 0.25) is 0 Å². The van der Waals surface area contributed by atoms with E-state index in [2.05, 4.69) is 5.16 Å².